The first-order valence-corrected chi connectivity index (χ1v) is 7.78. The van der Waals surface area contributed by atoms with Crippen molar-refractivity contribution < 1.29 is 29.0 Å². The van der Waals surface area contributed by atoms with Gasteiger partial charge in [-0.05, 0) is 33.6 Å². The Morgan fingerprint density at radius 2 is 1.83 bits per heavy atom. The van der Waals surface area contributed by atoms with Crippen LogP contribution in [0.15, 0.2) is 0 Å². The van der Waals surface area contributed by atoms with Crippen molar-refractivity contribution >= 4 is 18.0 Å². The number of rotatable bonds is 4. The van der Waals surface area contributed by atoms with Gasteiger partial charge < -0.3 is 24.8 Å². The van der Waals surface area contributed by atoms with E-state index in [1.807, 2.05) is 0 Å². The van der Waals surface area contributed by atoms with E-state index < -0.39 is 30.1 Å². The van der Waals surface area contributed by atoms with E-state index >= 15 is 0 Å². The zero-order chi connectivity index (χ0) is 17.2. The molecule has 0 aliphatic carbocycles. The summed E-state index contributed by atoms with van der Waals surface area (Å²) in [5, 5.41) is 11.4. The third kappa shape index (κ3) is 4.57. The highest BCUT2D eigenvalue weighted by molar-refractivity contribution is 5.90. The molecule has 8 heteroatoms. The van der Waals surface area contributed by atoms with E-state index in [0.717, 1.165) is 12.8 Å². The molecule has 2 amide bonds. The van der Waals surface area contributed by atoms with E-state index in [4.69, 9.17) is 14.6 Å². The van der Waals surface area contributed by atoms with Gasteiger partial charge in [-0.3, -0.25) is 9.59 Å². The smallest absolute Gasteiger partial charge is 0.408 e. The van der Waals surface area contributed by atoms with E-state index in [1.165, 1.54) is 0 Å². The quantitative estimate of drug-likeness (QED) is 0.789. The third-order valence-electron chi connectivity index (χ3n) is 3.86. The largest absolute Gasteiger partial charge is 0.481 e. The van der Waals surface area contributed by atoms with Crippen LogP contribution < -0.4 is 5.32 Å². The monoisotopic (exact) mass is 328 g/mol. The highest BCUT2D eigenvalue weighted by Crippen LogP contribution is 2.29. The average molecular weight is 328 g/mol. The number of carboxylic acid groups (broad SMARTS) is 1. The first-order chi connectivity index (χ1) is 10.7. The summed E-state index contributed by atoms with van der Waals surface area (Å²) >= 11 is 0. The third-order valence-corrected chi connectivity index (χ3v) is 3.86. The van der Waals surface area contributed by atoms with Gasteiger partial charge in [0.15, 0.2) is 0 Å². The van der Waals surface area contributed by atoms with Gasteiger partial charge in [-0.2, -0.15) is 0 Å². The zero-order valence-electron chi connectivity index (χ0n) is 13.7. The molecular formula is C15H24N2O6. The number of carbonyl (C=O) groups excluding carboxylic acids is 2. The van der Waals surface area contributed by atoms with E-state index in [1.54, 1.807) is 25.7 Å². The second-order valence-electron chi connectivity index (χ2n) is 6.96. The maximum atomic E-state index is 12.7. The van der Waals surface area contributed by atoms with Crippen molar-refractivity contribution in [2.24, 2.45) is 0 Å². The van der Waals surface area contributed by atoms with Crippen molar-refractivity contribution in [2.75, 3.05) is 13.2 Å². The lowest BCUT2D eigenvalue weighted by molar-refractivity contribution is -0.148. The standard InChI is InChI=1S/C15H24N2O6/c1-15(2,3)23-14(21)16-11(6-12(18)19)13(20)17-9-4-5-10(17)8-22-7-9/h9-11H,4-8H2,1-3H3,(H,16,21)(H,18,19). The van der Waals surface area contributed by atoms with Crippen molar-refractivity contribution in [1.29, 1.82) is 0 Å². The Morgan fingerprint density at radius 1 is 1.26 bits per heavy atom. The van der Waals surface area contributed by atoms with Gasteiger partial charge in [-0.1, -0.05) is 0 Å². The number of nitrogens with zero attached hydrogens (tertiary/aromatic N) is 1. The van der Waals surface area contributed by atoms with Crippen LogP contribution in [0.3, 0.4) is 0 Å². The zero-order valence-corrected chi connectivity index (χ0v) is 13.7. The molecule has 2 heterocycles. The molecule has 2 aliphatic rings. The molecule has 0 radical (unpaired) electrons. The number of amides is 2. The van der Waals surface area contributed by atoms with Crippen LogP contribution in [-0.2, 0) is 19.1 Å². The maximum Gasteiger partial charge on any atom is 0.408 e. The van der Waals surface area contributed by atoms with Crippen LogP contribution in [0.2, 0.25) is 0 Å². The summed E-state index contributed by atoms with van der Waals surface area (Å²) in [6.07, 6.45) is 0.401. The van der Waals surface area contributed by atoms with Crippen LogP contribution in [0.4, 0.5) is 4.79 Å². The van der Waals surface area contributed by atoms with Gasteiger partial charge in [-0.15, -0.1) is 0 Å². The number of aliphatic carboxylic acids is 1. The Bertz CT molecular complexity index is 471. The second-order valence-corrected chi connectivity index (χ2v) is 6.96. The minimum Gasteiger partial charge on any atom is -0.481 e. The molecule has 8 nitrogen and oxygen atoms in total. The van der Waals surface area contributed by atoms with E-state index in [9.17, 15) is 14.4 Å². The molecular weight excluding hydrogens is 304 g/mol. The van der Waals surface area contributed by atoms with Crippen LogP contribution in [0, 0.1) is 0 Å². The summed E-state index contributed by atoms with van der Waals surface area (Å²) in [6, 6.07) is -1.22. The van der Waals surface area contributed by atoms with Crippen molar-refractivity contribution in [1.82, 2.24) is 10.2 Å². The number of ether oxygens (including phenoxy) is 2. The van der Waals surface area contributed by atoms with Crippen molar-refractivity contribution in [3.8, 4) is 0 Å². The fraction of sp³-hybridized carbons (Fsp3) is 0.800. The average Bonchev–Trinajstić information content (AvgIpc) is 2.63. The highest BCUT2D eigenvalue weighted by Gasteiger charge is 2.43. The lowest BCUT2D eigenvalue weighted by Gasteiger charge is -2.37. The summed E-state index contributed by atoms with van der Waals surface area (Å²) in [5.74, 6) is -1.53. The topological polar surface area (TPSA) is 105 Å². The highest BCUT2D eigenvalue weighted by atomic mass is 16.6. The molecule has 2 fully saturated rings. The van der Waals surface area contributed by atoms with Gasteiger partial charge in [0.2, 0.25) is 5.91 Å². The van der Waals surface area contributed by atoms with Crippen LogP contribution in [0.5, 0.6) is 0 Å². The molecule has 2 bridgehead atoms. The summed E-state index contributed by atoms with van der Waals surface area (Å²) in [6.45, 7) is 6.00. The Morgan fingerprint density at radius 3 is 2.30 bits per heavy atom. The number of carbonyl (C=O) groups is 3. The molecule has 0 spiro atoms. The number of hydrogen-bond acceptors (Lipinski definition) is 5. The van der Waals surface area contributed by atoms with Crippen LogP contribution >= 0.6 is 0 Å². The van der Waals surface area contributed by atoms with Crippen molar-refractivity contribution in [3.63, 3.8) is 0 Å². The van der Waals surface area contributed by atoms with Gasteiger partial charge in [0.05, 0.1) is 31.7 Å². The number of hydrogen-bond donors (Lipinski definition) is 2. The number of morpholine rings is 1. The molecule has 2 saturated heterocycles. The van der Waals surface area contributed by atoms with Crippen molar-refractivity contribution in [2.45, 2.75) is 63.8 Å². The number of carboxylic acids is 1. The summed E-state index contributed by atoms with van der Waals surface area (Å²) in [7, 11) is 0. The number of fused-ring (bicyclic) bond motifs is 2. The van der Waals surface area contributed by atoms with Gasteiger partial charge in [0, 0.05) is 0 Å². The first kappa shape index (κ1) is 17.5. The summed E-state index contributed by atoms with van der Waals surface area (Å²) < 4.78 is 10.5. The fourth-order valence-corrected chi connectivity index (χ4v) is 2.99. The Labute approximate surface area is 135 Å². The molecule has 2 N–H and O–H groups in total. The molecule has 2 aliphatic heterocycles. The van der Waals surface area contributed by atoms with Gasteiger partial charge >= 0.3 is 12.1 Å². The molecule has 23 heavy (non-hydrogen) atoms. The molecule has 0 aromatic heterocycles. The molecule has 3 atom stereocenters. The lowest BCUT2D eigenvalue weighted by atomic mass is 10.1. The molecule has 0 aromatic carbocycles. The fourth-order valence-electron chi connectivity index (χ4n) is 2.99. The molecule has 0 saturated carbocycles. The summed E-state index contributed by atoms with van der Waals surface area (Å²) in [4.78, 5) is 37.4. The van der Waals surface area contributed by atoms with Crippen LogP contribution in [0.1, 0.15) is 40.0 Å². The van der Waals surface area contributed by atoms with E-state index in [0.29, 0.717) is 13.2 Å². The SMILES string of the molecule is CC(C)(C)OC(=O)NC(CC(=O)O)C(=O)N1C2CCC1COC2. The van der Waals surface area contributed by atoms with E-state index in [2.05, 4.69) is 5.32 Å². The van der Waals surface area contributed by atoms with E-state index in [-0.39, 0.29) is 18.0 Å². The predicted molar refractivity (Wildman–Crippen MR) is 79.9 cm³/mol. The second kappa shape index (κ2) is 6.74. The van der Waals surface area contributed by atoms with Crippen LogP contribution in [-0.4, -0.2) is 64.9 Å². The molecule has 0 aromatic rings. The summed E-state index contributed by atoms with van der Waals surface area (Å²) in [5.41, 5.74) is -0.723. The molecule has 130 valence electrons. The Kier molecular flexibility index (Phi) is 5.13. The van der Waals surface area contributed by atoms with Crippen molar-refractivity contribution in [3.05, 3.63) is 0 Å². The van der Waals surface area contributed by atoms with Gasteiger partial charge in [0.1, 0.15) is 11.6 Å². The molecule has 3 unspecified atom stereocenters. The Hall–Kier alpha value is -1.83. The van der Waals surface area contributed by atoms with Gasteiger partial charge in [0.25, 0.3) is 0 Å². The predicted octanol–water partition coefficient (Wildman–Crippen LogP) is 0.744. The maximum absolute atomic E-state index is 12.7. The Balaban J connectivity index is 2.07. The minimum atomic E-state index is -1.15. The van der Waals surface area contributed by atoms with Gasteiger partial charge in [-0.25, -0.2) is 4.79 Å². The lowest BCUT2D eigenvalue weighted by Crippen LogP contribution is -2.57. The molecule has 2 rings (SSSR count). The number of nitrogens with one attached hydrogen (secondary N) is 1. The normalized spacial score (nSPS) is 24.9. The minimum absolute atomic E-state index is 0.0435. The first-order valence-electron chi connectivity index (χ1n) is 7.78. The number of alkyl carbamates (subject to hydrolysis) is 1. The van der Waals surface area contributed by atoms with Crippen LogP contribution in [0.25, 0.3) is 0 Å².